The van der Waals surface area contributed by atoms with Crippen LogP contribution in [0.5, 0.6) is 11.8 Å². The molecule has 0 atom stereocenters. The third kappa shape index (κ3) is 4.83. The molecule has 0 unspecified atom stereocenters. The molecule has 6 rings (SSSR count). The molecule has 2 bridgehead atoms. The molecule has 2 aliphatic heterocycles. The fourth-order valence-corrected chi connectivity index (χ4v) is 7.46. The van der Waals surface area contributed by atoms with Crippen molar-refractivity contribution >= 4 is 84.8 Å². The number of halogens is 2. The molecule has 2 fully saturated rings. The van der Waals surface area contributed by atoms with E-state index in [0.717, 1.165) is 7.14 Å². The molecule has 0 aliphatic carbocycles. The molecule has 0 saturated carbocycles. The second-order valence-corrected chi connectivity index (χ2v) is 13.6. The average molecular weight is 792 g/mol. The summed E-state index contributed by atoms with van der Waals surface area (Å²) in [7, 11) is 3.03. The van der Waals surface area contributed by atoms with Gasteiger partial charge in [0.15, 0.2) is 5.78 Å². The Labute approximate surface area is 268 Å². The smallest absolute Gasteiger partial charge is 0.255 e. The van der Waals surface area contributed by atoms with Gasteiger partial charge in [0.2, 0.25) is 11.8 Å². The second kappa shape index (κ2) is 10.5. The number of aromatic nitrogens is 4. The number of carbonyl (C=O) groups excluding carboxylic acids is 3. The number of benzene rings is 2. The molecule has 0 N–H and O–H groups in total. The second-order valence-electron chi connectivity index (χ2n) is 11.2. The van der Waals surface area contributed by atoms with Crippen molar-refractivity contribution in [3.05, 3.63) is 54.9 Å². The van der Waals surface area contributed by atoms with Crippen LogP contribution in [0, 0.1) is 18.0 Å². The summed E-state index contributed by atoms with van der Waals surface area (Å²) in [5.41, 5.74) is 1.51. The number of carbonyl (C=O) groups is 3. The number of ketones is 1. The predicted molar refractivity (Wildman–Crippen MR) is 171 cm³/mol. The molecule has 2 aromatic heterocycles. The van der Waals surface area contributed by atoms with Gasteiger partial charge >= 0.3 is 0 Å². The topological polar surface area (TPSA) is 128 Å². The predicted octanol–water partition coefficient (Wildman–Crippen LogP) is 3.99. The van der Waals surface area contributed by atoms with Crippen molar-refractivity contribution in [1.29, 1.82) is 0 Å². The molecule has 4 aromatic rings. The van der Waals surface area contributed by atoms with Crippen LogP contribution in [-0.4, -0.2) is 87.7 Å². The van der Waals surface area contributed by atoms with E-state index in [2.05, 4.69) is 65.1 Å². The van der Waals surface area contributed by atoms with Crippen molar-refractivity contribution in [3.63, 3.8) is 0 Å². The number of hydrogen-bond donors (Lipinski definition) is 0. The summed E-state index contributed by atoms with van der Waals surface area (Å²) in [6, 6.07) is 7.09. The zero-order chi connectivity index (χ0) is 30.0. The van der Waals surface area contributed by atoms with Crippen molar-refractivity contribution in [2.45, 2.75) is 13.8 Å². The molecule has 0 radical (unpaired) electrons. The van der Waals surface area contributed by atoms with Crippen LogP contribution in [0.1, 0.15) is 34.6 Å². The van der Waals surface area contributed by atoms with E-state index in [0.29, 0.717) is 45.0 Å². The van der Waals surface area contributed by atoms with Gasteiger partial charge in [-0.2, -0.15) is 0 Å². The van der Waals surface area contributed by atoms with E-state index in [1.54, 1.807) is 21.9 Å². The van der Waals surface area contributed by atoms with Gasteiger partial charge in [-0.25, -0.2) is 19.9 Å². The average Bonchev–Trinajstić information content (AvgIpc) is 2.96. The van der Waals surface area contributed by atoms with E-state index >= 15 is 0 Å². The van der Waals surface area contributed by atoms with E-state index in [9.17, 15) is 14.4 Å². The number of amides is 2. The van der Waals surface area contributed by atoms with Gasteiger partial charge in [-0.1, -0.05) is 0 Å². The summed E-state index contributed by atoms with van der Waals surface area (Å²) < 4.78 is 11.9. The molecule has 4 heterocycles. The van der Waals surface area contributed by atoms with E-state index in [1.165, 1.54) is 26.6 Å². The minimum atomic E-state index is -0.937. The van der Waals surface area contributed by atoms with E-state index in [1.807, 2.05) is 26.0 Å². The lowest BCUT2D eigenvalue weighted by Crippen LogP contribution is -2.69. The lowest BCUT2D eigenvalue weighted by molar-refractivity contribution is -0.153. The molecule has 11 nitrogen and oxygen atoms in total. The zero-order valence-corrected chi connectivity index (χ0v) is 27.6. The highest BCUT2D eigenvalue weighted by Crippen LogP contribution is 2.43. The summed E-state index contributed by atoms with van der Waals surface area (Å²) in [6.07, 6.45) is 3.07. The molecule has 0 spiro atoms. The van der Waals surface area contributed by atoms with Crippen LogP contribution in [-0.2, 0) is 4.79 Å². The number of ether oxygens (including phenoxy) is 2. The lowest BCUT2D eigenvalue weighted by Gasteiger charge is -2.55. The van der Waals surface area contributed by atoms with Gasteiger partial charge in [0.05, 0.1) is 70.6 Å². The van der Waals surface area contributed by atoms with Crippen LogP contribution in [0.2, 0.25) is 0 Å². The first-order valence-electron chi connectivity index (χ1n) is 13.1. The van der Waals surface area contributed by atoms with Crippen molar-refractivity contribution in [3.8, 4) is 11.8 Å². The van der Waals surface area contributed by atoms with Crippen molar-refractivity contribution in [2.75, 3.05) is 40.4 Å². The normalized spacial score (nSPS) is 22.0. The Kier molecular flexibility index (Phi) is 7.22. The van der Waals surface area contributed by atoms with Crippen LogP contribution in [0.15, 0.2) is 36.7 Å². The molecular formula is C29H26I2N6O5. The zero-order valence-electron chi connectivity index (χ0n) is 23.3. The highest BCUT2D eigenvalue weighted by molar-refractivity contribution is 14.1. The number of likely N-dealkylation sites (tertiary alicyclic amines) is 2. The first-order valence-corrected chi connectivity index (χ1v) is 15.2. The summed E-state index contributed by atoms with van der Waals surface area (Å²) >= 11 is 4.26. The summed E-state index contributed by atoms with van der Waals surface area (Å²) in [5, 5.41) is 0. The highest BCUT2D eigenvalue weighted by atomic mass is 127. The van der Waals surface area contributed by atoms with Crippen molar-refractivity contribution in [2.24, 2.45) is 10.8 Å². The Morgan fingerprint density at radius 2 is 1.10 bits per heavy atom. The number of methoxy groups -OCH3 is 2. The highest BCUT2D eigenvalue weighted by Gasteiger charge is 2.57. The number of Topliss-reactive ketones (excluding diaryl/α,β-unsaturated/α-hetero) is 1. The van der Waals surface area contributed by atoms with E-state index < -0.39 is 10.8 Å². The number of rotatable bonds is 4. The number of nitrogens with zero attached hydrogens (tertiary/aromatic N) is 6. The van der Waals surface area contributed by atoms with E-state index in [-0.39, 0.29) is 43.8 Å². The quantitative estimate of drug-likeness (QED) is 0.282. The summed E-state index contributed by atoms with van der Waals surface area (Å²) in [6.45, 7) is 4.46. The van der Waals surface area contributed by atoms with Gasteiger partial charge in [0.1, 0.15) is 0 Å². The molecule has 2 saturated heterocycles. The Morgan fingerprint density at radius 3 is 1.45 bits per heavy atom. The standard InChI is InChI=1S/C29H26I2N6O5/c1-28-11-36(25(38)15-5-21-19(7-17(15)30)32-9-23(34-21)41-3)13-29(2,27(28)40)14-37(12-28)26(39)16-6-22-20(8-18(16)31)33-10-24(35-22)42-4/h5-10H,11-14H2,1-4H3. The molecule has 2 amide bonds. The number of fused-ring (bicyclic) bond motifs is 4. The van der Waals surface area contributed by atoms with Crippen LogP contribution in [0.4, 0.5) is 0 Å². The molecule has 2 aromatic carbocycles. The van der Waals surface area contributed by atoms with Crippen molar-refractivity contribution in [1.82, 2.24) is 29.7 Å². The van der Waals surface area contributed by atoms with Crippen LogP contribution < -0.4 is 9.47 Å². The van der Waals surface area contributed by atoms with Gasteiger partial charge in [0, 0.05) is 33.3 Å². The first-order chi connectivity index (χ1) is 19.9. The number of piperidine rings is 2. The lowest BCUT2D eigenvalue weighted by atomic mass is 9.64. The third-order valence-corrected chi connectivity index (χ3v) is 9.71. The summed E-state index contributed by atoms with van der Waals surface area (Å²) in [4.78, 5) is 62.7. The Morgan fingerprint density at radius 1 is 0.714 bits per heavy atom. The maximum atomic E-state index is 13.9. The van der Waals surface area contributed by atoms with Crippen molar-refractivity contribution < 1.29 is 23.9 Å². The molecule has 42 heavy (non-hydrogen) atoms. The minimum Gasteiger partial charge on any atom is -0.480 e. The van der Waals surface area contributed by atoms with Crippen LogP contribution in [0.25, 0.3) is 22.1 Å². The van der Waals surface area contributed by atoms with Gasteiger partial charge in [0.25, 0.3) is 11.8 Å². The largest absolute Gasteiger partial charge is 0.480 e. The Hall–Kier alpha value is -3.21. The Bertz CT molecular complexity index is 1670. The molecule has 216 valence electrons. The fraction of sp³-hybridized carbons (Fsp3) is 0.345. The minimum absolute atomic E-state index is 0.0655. The van der Waals surface area contributed by atoms with Gasteiger partial charge in [-0.3, -0.25) is 14.4 Å². The fourth-order valence-electron chi connectivity index (χ4n) is 6.10. The maximum absolute atomic E-state index is 13.9. The molecular weight excluding hydrogens is 766 g/mol. The first kappa shape index (κ1) is 28.9. The number of hydrogen-bond acceptors (Lipinski definition) is 9. The maximum Gasteiger partial charge on any atom is 0.255 e. The van der Waals surface area contributed by atoms with Gasteiger partial charge in [-0.05, 0) is 83.3 Å². The SMILES string of the molecule is COc1cnc2cc(I)c(C(=O)N3CC4(C)CN(C(=O)c5cc6nc(OC)cnc6cc5I)CC(C)(C3)C4=O)cc2n1. The van der Waals surface area contributed by atoms with Crippen LogP contribution >= 0.6 is 45.2 Å². The van der Waals surface area contributed by atoms with E-state index in [4.69, 9.17) is 9.47 Å². The van der Waals surface area contributed by atoms with Gasteiger partial charge < -0.3 is 19.3 Å². The summed E-state index contributed by atoms with van der Waals surface area (Å²) in [5.74, 6) is 0.407. The van der Waals surface area contributed by atoms with Crippen LogP contribution in [0.3, 0.4) is 0 Å². The monoisotopic (exact) mass is 792 g/mol. The van der Waals surface area contributed by atoms with Gasteiger partial charge in [-0.15, -0.1) is 0 Å². The molecule has 13 heteroatoms. The Balaban J connectivity index is 1.30. The third-order valence-electron chi connectivity index (χ3n) is 7.93. The molecule has 2 aliphatic rings.